The Kier molecular flexibility index (Phi) is 10.6. The summed E-state index contributed by atoms with van der Waals surface area (Å²) in [5.74, 6) is -2.51. The third-order valence-electron chi connectivity index (χ3n) is 4.29. The number of carboxylic acids is 2. The van der Waals surface area contributed by atoms with Gasteiger partial charge in [-0.3, -0.25) is 0 Å². The Labute approximate surface area is 184 Å². The zero-order valence-electron chi connectivity index (χ0n) is 17.6. The molecule has 0 saturated carbocycles. The van der Waals surface area contributed by atoms with Gasteiger partial charge in [0.25, 0.3) is 0 Å². The number of alkyl halides is 3. The normalized spacial score (nSPS) is 13.2. The molecule has 9 heteroatoms. The van der Waals surface area contributed by atoms with E-state index in [9.17, 15) is 27.9 Å². The van der Waals surface area contributed by atoms with Crippen LogP contribution >= 0.6 is 0 Å². The van der Waals surface area contributed by atoms with Crippen LogP contribution in [0, 0.1) is 6.92 Å². The molecule has 2 rings (SSSR count). The number of carboxylic acid groups (broad SMARTS) is 2. The van der Waals surface area contributed by atoms with Gasteiger partial charge in [0.05, 0.1) is 11.7 Å². The summed E-state index contributed by atoms with van der Waals surface area (Å²) in [7, 11) is 0. The van der Waals surface area contributed by atoms with Crippen LogP contribution in [-0.2, 0) is 22.2 Å². The van der Waals surface area contributed by atoms with Crippen LogP contribution in [0.4, 0.5) is 13.2 Å². The summed E-state index contributed by atoms with van der Waals surface area (Å²) in [5, 5.41) is 28.9. The lowest BCUT2D eigenvalue weighted by Gasteiger charge is -2.18. The molecule has 174 valence electrons. The largest absolute Gasteiger partial charge is 0.478 e. The van der Waals surface area contributed by atoms with Gasteiger partial charge in [0.1, 0.15) is 0 Å². The van der Waals surface area contributed by atoms with Crippen molar-refractivity contribution in [1.29, 1.82) is 0 Å². The maximum Gasteiger partial charge on any atom is 0.416 e. The fourth-order valence-electron chi connectivity index (χ4n) is 2.65. The molecule has 0 unspecified atom stereocenters. The zero-order valence-corrected chi connectivity index (χ0v) is 17.6. The van der Waals surface area contributed by atoms with Crippen LogP contribution in [0.15, 0.2) is 60.7 Å². The standard InChI is InChI=1S/C19H22F3NO.C4H4O4/c1-13-6-8-15(9-7-13)10-14(2)23-12-18(24)16-4-3-5-17(11-16)19(20,21)22;5-3(6)1-2-4(7)8/h3-9,11,14,18,23-24H,10,12H2,1-2H3;1-2H,(H,5,6)(H,7,8)/b;2-1+/t14-,18-;/m0./s1. The molecule has 4 N–H and O–H groups in total. The summed E-state index contributed by atoms with van der Waals surface area (Å²) in [6.45, 7) is 4.21. The van der Waals surface area contributed by atoms with Gasteiger partial charge in [-0.05, 0) is 43.5 Å². The van der Waals surface area contributed by atoms with Crippen molar-refractivity contribution in [3.8, 4) is 0 Å². The number of hydrogen-bond donors (Lipinski definition) is 4. The Balaban J connectivity index is 0.000000547. The van der Waals surface area contributed by atoms with Crippen LogP contribution in [0.5, 0.6) is 0 Å². The van der Waals surface area contributed by atoms with E-state index in [0.29, 0.717) is 12.2 Å². The highest BCUT2D eigenvalue weighted by molar-refractivity contribution is 5.89. The zero-order chi connectivity index (χ0) is 24.3. The summed E-state index contributed by atoms with van der Waals surface area (Å²) in [5.41, 5.74) is 1.89. The maximum absolute atomic E-state index is 12.7. The summed E-state index contributed by atoms with van der Waals surface area (Å²) in [6.07, 6.45) is -3.48. The molecule has 0 aliphatic carbocycles. The number of benzene rings is 2. The van der Waals surface area contributed by atoms with Crippen LogP contribution in [0.25, 0.3) is 0 Å². The second kappa shape index (κ2) is 12.6. The van der Waals surface area contributed by atoms with E-state index in [1.54, 1.807) is 0 Å². The molecule has 32 heavy (non-hydrogen) atoms. The van der Waals surface area contributed by atoms with Crippen molar-refractivity contribution in [1.82, 2.24) is 5.32 Å². The van der Waals surface area contributed by atoms with E-state index in [0.717, 1.165) is 18.6 Å². The second-order valence-corrected chi connectivity index (χ2v) is 7.15. The third kappa shape index (κ3) is 10.7. The first kappa shape index (κ1) is 26.9. The molecular weight excluding hydrogens is 427 g/mol. The SMILES string of the molecule is Cc1ccc(C[C@H](C)NC[C@H](O)c2cccc(C(F)(F)F)c2)cc1.O=C(O)/C=C/C(=O)O. The monoisotopic (exact) mass is 453 g/mol. The Hall–Kier alpha value is -3.17. The minimum Gasteiger partial charge on any atom is -0.478 e. The van der Waals surface area contributed by atoms with E-state index >= 15 is 0 Å². The van der Waals surface area contributed by atoms with Gasteiger partial charge in [0.2, 0.25) is 0 Å². The van der Waals surface area contributed by atoms with E-state index in [1.165, 1.54) is 23.3 Å². The molecule has 0 saturated heterocycles. The highest BCUT2D eigenvalue weighted by Crippen LogP contribution is 2.30. The van der Waals surface area contributed by atoms with Crippen LogP contribution in [0.3, 0.4) is 0 Å². The van der Waals surface area contributed by atoms with Gasteiger partial charge in [0, 0.05) is 24.7 Å². The Morgan fingerprint density at radius 1 is 1.03 bits per heavy atom. The summed E-state index contributed by atoms with van der Waals surface area (Å²) >= 11 is 0. The number of aliphatic carboxylic acids is 2. The van der Waals surface area contributed by atoms with Crippen molar-refractivity contribution in [2.45, 2.75) is 38.6 Å². The lowest BCUT2D eigenvalue weighted by atomic mass is 10.0. The van der Waals surface area contributed by atoms with Gasteiger partial charge in [-0.1, -0.05) is 42.0 Å². The third-order valence-corrected chi connectivity index (χ3v) is 4.29. The Morgan fingerprint density at radius 3 is 2.09 bits per heavy atom. The fraction of sp³-hybridized carbons (Fsp3) is 0.304. The highest BCUT2D eigenvalue weighted by atomic mass is 19.4. The van der Waals surface area contributed by atoms with Crippen molar-refractivity contribution in [3.63, 3.8) is 0 Å². The van der Waals surface area contributed by atoms with Gasteiger partial charge in [-0.2, -0.15) is 13.2 Å². The minimum atomic E-state index is -4.40. The Morgan fingerprint density at radius 2 is 1.59 bits per heavy atom. The number of aryl methyl sites for hydroxylation is 1. The number of hydrogen-bond acceptors (Lipinski definition) is 4. The smallest absolute Gasteiger partial charge is 0.416 e. The van der Waals surface area contributed by atoms with E-state index < -0.39 is 29.8 Å². The molecule has 0 heterocycles. The molecule has 2 aromatic carbocycles. The van der Waals surface area contributed by atoms with Gasteiger partial charge < -0.3 is 20.6 Å². The van der Waals surface area contributed by atoms with Crippen molar-refractivity contribution in [3.05, 3.63) is 82.9 Å². The van der Waals surface area contributed by atoms with Gasteiger partial charge in [-0.15, -0.1) is 0 Å². The van der Waals surface area contributed by atoms with Crippen LogP contribution in [0.2, 0.25) is 0 Å². The summed E-state index contributed by atoms with van der Waals surface area (Å²) in [4.78, 5) is 19.1. The van der Waals surface area contributed by atoms with E-state index in [2.05, 4.69) is 17.4 Å². The van der Waals surface area contributed by atoms with Crippen molar-refractivity contribution in [2.75, 3.05) is 6.54 Å². The van der Waals surface area contributed by atoms with Crippen LogP contribution < -0.4 is 5.32 Å². The Bertz CT molecular complexity index is 895. The fourth-order valence-corrected chi connectivity index (χ4v) is 2.65. The van der Waals surface area contributed by atoms with Crippen molar-refractivity contribution in [2.24, 2.45) is 0 Å². The number of nitrogens with one attached hydrogen (secondary N) is 1. The molecule has 6 nitrogen and oxygen atoms in total. The van der Waals surface area contributed by atoms with E-state index in [-0.39, 0.29) is 18.2 Å². The number of halogens is 3. The average Bonchev–Trinajstić information content (AvgIpc) is 2.72. The molecule has 0 radical (unpaired) electrons. The van der Waals surface area contributed by atoms with Gasteiger partial charge >= 0.3 is 18.1 Å². The topological polar surface area (TPSA) is 107 Å². The molecule has 0 aliphatic rings. The second-order valence-electron chi connectivity index (χ2n) is 7.15. The van der Waals surface area contributed by atoms with Gasteiger partial charge in [0.15, 0.2) is 0 Å². The number of rotatable bonds is 8. The predicted octanol–water partition coefficient (Wildman–Crippen LogP) is 3.98. The molecule has 2 atom stereocenters. The van der Waals surface area contributed by atoms with Crippen LogP contribution in [0.1, 0.15) is 35.3 Å². The molecule has 0 aromatic heterocycles. The van der Waals surface area contributed by atoms with Gasteiger partial charge in [-0.25, -0.2) is 9.59 Å². The minimum absolute atomic E-state index is 0.105. The van der Waals surface area contributed by atoms with Crippen LogP contribution in [-0.4, -0.2) is 39.8 Å². The molecule has 0 bridgehead atoms. The molecule has 0 spiro atoms. The first-order valence-corrected chi connectivity index (χ1v) is 9.66. The first-order chi connectivity index (χ1) is 14.9. The van der Waals surface area contributed by atoms with Crippen molar-refractivity contribution < 1.29 is 38.1 Å². The molecule has 0 amide bonds. The molecular formula is C23H26F3NO5. The number of aliphatic hydroxyl groups excluding tert-OH is 1. The highest BCUT2D eigenvalue weighted by Gasteiger charge is 2.30. The predicted molar refractivity (Wildman–Crippen MR) is 113 cm³/mol. The quantitative estimate of drug-likeness (QED) is 0.451. The number of aliphatic hydroxyl groups is 1. The summed E-state index contributed by atoms with van der Waals surface area (Å²) in [6, 6.07) is 13.1. The number of carbonyl (C=O) groups is 2. The molecule has 0 fully saturated rings. The first-order valence-electron chi connectivity index (χ1n) is 9.66. The molecule has 2 aromatic rings. The summed E-state index contributed by atoms with van der Waals surface area (Å²) < 4.78 is 38.2. The maximum atomic E-state index is 12.7. The van der Waals surface area contributed by atoms with Crippen molar-refractivity contribution >= 4 is 11.9 Å². The van der Waals surface area contributed by atoms with E-state index in [1.807, 2.05) is 26.0 Å². The lowest BCUT2D eigenvalue weighted by Crippen LogP contribution is -2.32. The lowest BCUT2D eigenvalue weighted by molar-refractivity contribution is -0.137. The average molecular weight is 453 g/mol. The van der Waals surface area contributed by atoms with E-state index in [4.69, 9.17) is 10.2 Å². The molecule has 0 aliphatic heterocycles.